The van der Waals surface area contributed by atoms with Gasteiger partial charge in [0.2, 0.25) is 11.5 Å². The minimum absolute atomic E-state index is 0.0674. The molecule has 114 valence electrons. The molecule has 0 saturated carbocycles. The summed E-state index contributed by atoms with van der Waals surface area (Å²) in [6, 6.07) is 5.43. The zero-order valence-electron chi connectivity index (χ0n) is 12.7. The molecule has 21 heavy (non-hydrogen) atoms. The summed E-state index contributed by atoms with van der Waals surface area (Å²) in [7, 11) is 0. The van der Waals surface area contributed by atoms with Gasteiger partial charge in [0.25, 0.3) is 0 Å². The number of unbranched alkanes of at least 4 members (excludes halogenated alkanes) is 2. The van der Waals surface area contributed by atoms with E-state index in [2.05, 4.69) is 23.7 Å². The van der Waals surface area contributed by atoms with Crippen LogP contribution >= 0.6 is 0 Å². The SMILES string of the molecule is CCCCN(CCCC)c1nc2ccccn2c1[N+](=O)[O-]. The average Bonchev–Trinajstić information content (AvgIpc) is 2.86. The molecule has 2 aromatic heterocycles. The lowest BCUT2D eigenvalue weighted by Crippen LogP contribution is -2.26. The van der Waals surface area contributed by atoms with Crippen molar-refractivity contribution in [3.63, 3.8) is 0 Å². The molecule has 6 nitrogen and oxygen atoms in total. The first kappa shape index (κ1) is 15.3. The van der Waals surface area contributed by atoms with E-state index < -0.39 is 0 Å². The molecule has 0 N–H and O–H groups in total. The molecule has 0 amide bonds. The lowest BCUT2D eigenvalue weighted by molar-refractivity contribution is -0.389. The quantitative estimate of drug-likeness (QED) is 0.550. The van der Waals surface area contributed by atoms with Gasteiger partial charge >= 0.3 is 5.82 Å². The first-order chi connectivity index (χ1) is 10.2. The average molecular weight is 290 g/mol. The predicted molar refractivity (Wildman–Crippen MR) is 83.9 cm³/mol. The molecule has 0 aliphatic rings. The smallest absolute Gasteiger partial charge is 0.358 e. The summed E-state index contributed by atoms with van der Waals surface area (Å²) in [6.45, 7) is 5.86. The second kappa shape index (κ2) is 7.06. The molecule has 0 radical (unpaired) electrons. The van der Waals surface area contributed by atoms with Crippen LogP contribution in [0.1, 0.15) is 39.5 Å². The van der Waals surface area contributed by atoms with E-state index in [1.54, 1.807) is 22.7 Å². The van der Waals surface area contributed by atoms with Crippen LogP contribution in [0.2, 0.25) is 0 Å². The number of rotatable bonds is 8. The largest absolute Gasteiger partial charge is 0.372 e. The number of hydrogen-bond donors (Lipinski definition) is 0. The number of aromatic nitrogens is 2. The molecule has 0 atom stereocenters. The molecule has 0 aliphatic heterocycles. The van der Waals surface area contributed by atoms with E-state index in [9.17, 15) is 10.1 Å². The van der Waals surface area contributed by atoms with Gasteiger partial charge in [0, 0.05) is 19.2 Å². The Balaban J connectivity index is 2.44. The Hall–Kier alpha value is -2.11. The minimum atomic E-state index is -0.333. The van der Waals surface area contributed by atoms with Gasteiger partial charge in [-0.3, -0.25) is 0 Å². The van der Waals surface area contributed by atoms with Crippen molar-refractivity contribution in [2.75, 3.05) is 18.0 Å². The summed E-state index contributed by atoms with van der Waals surface area (Å²) in [6.07, 6.45) is 5.83. The first-order valence-electron chi connectivity index (χ1n) is 7.55. The fourth-order valence-electron chi connectivity index (χ4n) is 2.37. The molecule has 0 saturated heterocycles. The maximum Gasteiger partial charge on any atom is 0.372 e. The van der Waals surface area contributed by atoms with Crippen molar-refractivity contribution in [1.82, 2.24) is 9.38 Å². The van der Waals surface area contributed by atoms with Crippen molar-refractivity contribution in [3.05, 3.63) is 34.5 Å². The Labute approximate surface area is 124 Å². The number of nitro groups is 1. The van der Waals surface area contributed by atoms with Gasteiger partial charge < -0.3 is 15.0 Å². The van der Waals surface area contributed by atoms with E-state index >= 15 is 0 Å². The van der Waals surface area contributed by atoms with Gasteiger partial charge in [0.15, 0.2) is 0 Å². The lowest BCUT2D eigenvalue weighted by Gasteiger charge is -2.21. The van der Waals surface area contributed by atoms with Crippen molar-refractivity contribution in [1.29, 1.82) is 0 Å². The van der Waals surface area contributed by atoms with Crippen LogP contribution in [-0.4, -0.2) is 27.4 Å². The van der Waals surface area contributed by atoms with E-state index in [0.29, 0.717) is 11.5 Å². The zero-order chi connectivity index (χ0) is 15.2. The van der Waals surface area contributed by atoms with Crippen molar-refractivity contribution in [2.24, 2.45) is 0 Å². The topological polar surface area (TPSA) is 63.7 Å². The number of pyridine rings is 1. The molecule has 2 aromatic rings. The molecule has 0 fully saturated rings. The van der Waals surface area contributed by atoms with Crippen LogP contribution < -0.4 is 4.90 Å². The highest BCUT2D eigenvalue weighted by Crippen LogP contribution is 2.29. The first-order valence-corrected chi connectivity index (χ1v) is 7.55. The van der Waals surface area contributed by atoms with Gasteiger partial charge in [0.05, 0.1) is 6.20 Å². The summed E-state index contributed by atoms with van der Waals surface area (Å²) in [5.74, 6) is 0.561. The summed E-state index contributed by atoms with van der Waals surface area (Å²) in [5, 5.41) is 11.5. The number of hydrogen-bond acceptors (Lipinski definition) is 4. The fourth-order valence-corrected chi connectivity index (χ4v) is 2.37. The highest BCUT2D eigenvalue weighted by atomic mass is 16.6. The molecule has 0 unspecified atom stereocenters. The second-order valence-corrected chi connectivity index (χ2v) is 5.14. The predicted octanol–water partition coefficient (Wildman–Crippen LogP) is 3.65. The van der Waals surface area contributed by atoms with E-state index in [-0.39, 0.29) is 10.7 Å². The zero-order valence-corrected chi connectivity index (χ0v) is 12.7. The maximum atomic E-state index is 11.5. The lowest BCUT2D eigenvalue weighted by atomic mass is 10.2. The fraction of sp³-hybridized carbons (Fsp3) is 0.533. The van der Waals surface area contributed by atoms with E-state index in [1.165, 1.54) is 0 Å². The molecular formula is C15H22N4O2. The van der Waals surface area contributed by atoms with Crippen molar-refractivity contribution >= 4 is 17.3 Å². The number of imidazole rings is 1. The van der Waals surface area contributed by atoms with Crippen LogP contribution in [-0.2, 0) is 0 Å². The number of anilines is 1. The normalized spacial score (nSPS) is 11.0. The molecule has 0 aromatic carbocycles. The number of nitrogens with zero attached hydrogens (tertiary/aromatic N) is 4. The van der Waals surface area contributed by atoms with Gasteiger partial charge in [-0.15, -0.1) is 0 Å². The van der Waals surface area contributed by atoms with Crippen LogP contribution in [0.3, 0.4) is 0 Å². The summed E-state index contributed by atoms with van der Waals surface area (Å²) in [5.41, 5.74) is 0.622. The molecule has 2 heterocycles. The Morgan fingerprint density at radius 2 is 1.90 bits per heavy atom. The minimum Gasteiger partial charge on any atom is -0.358 e. The van der Waals surface area contributed by atoms with Crippen molar-refractivity contribution < 1.29 is 4.92 Å². The van der Waals surface area contributed by atoms with E-state index in [4.69, 9.17) is 0 Å². The molecule has 0 aliphatic carbocycles. The second-order valence-electron chi connectivity index (χ2n) is 5.14. The maximum absolute atomic E-state index is 11.5. The summed E-state index contributed by atoms with van der Waals surface area (Å²) >= 11 is 0. The standard InChI is InChI=1S/C15H22N4O2/c1-3-5-10-17(11-6-4-2)14-15(19(20)21)18-12-8-7-9-13(18)16-14/h7-9,12H,3-6,10-11H2,1-2H3. The van der Waals surface area contributed by atoms with Crippen LogP contribution in [0.5, 0.6) is 0 Å². The van der Waals surface area contributed by atoms with Gasteiger partial charge in [-0.25, -0.2) is 0 Å². The summed E-state index contributed by atoms with van der Waals surface area (Å²) < 4.78 is 1.56. The van der Waals surface area contributed by atoms with Gasteiger partial charge in [0.1, 0.15) is 0 Å². The third kappa shape index (κ3) is 3.32. The highest BCUT2D eigenvalue weighted by Gasteiger charge is 2.26. The van der Waals surface area contributed by atoms with Gasteiger partial charge in [-0.2, -0.15) is 9.38 Å². The molecule has 0 spiro atoms. The molecule has 6 heteroatoms. The van der Waals surface area contributed by atoms with Crippen LogP contribution in [0.25, 0.3) is 5.65 Å². The van der Waals surface area contributed by atoms with Crippen molar-refractivity contribution in [3.8, 4) is 0 Å². The van der Waals surface area contributed by atoms with Gasteiger partial charge in [-0.1, -0.05) is 32.8 Å². The summed E-state index contributed by atoms with van der Waals surface area (Å²) in [4.78, 5) is 17.7. The van der Waals surface area contributed by atoms with E-state index in [0.717, 1.165) is 38.8 Å². The third-order valence-electron chi connectivity index (χ3n) is 3.52. The Bertz CT molecular complexity index is 601. The Kier molecular flexibility index (Phi) is 5.14. The van der Waals surface area contributed by atoms with Crippen molar-refractivity contribution in [2.45, 2.75) is 39.5 Å². The van der Waals surface area contributed by atoms with Gasteiger partial charge in [-0.05, 0) is 23.8 Å². The molecule has 0 bridgehead atoms. The highest BCUT2D eigenvalue weighted by molar-refractivity contribution is 5.63. The molecule has 2 rings (SSSR count). The van der Waals surface area contributed by atoms with Crippen LogP contribution in [0.4, 0.5) is 11.6 Å². The van der Waals surface area contributed by atoms with E-state index in [1.807, 2.05) is 6.07 Å². The number of fused-ring (bicyclic) bond motifs is 1. The van der Waals surface area contributed by atoms with Crippen LogP contribution in [0.15, 0.2) is 24.4 Å². The monoisotopic (exact) mass is 290 g/mol. The third-order valence-corrected chi connectivity index (χ3v) is 3.52. The Morgan fingerprint density at radius 3 is 2.48 bits per heavy atom. The Morgan fingerprint density at radius 1 is 1.24 bits per heavy atom. The van der Waals surface area contributed by atoms with Crippen LogP contribution in [0, 0.1) is 10.1 Å². The molecular weight excluding hydrogens is 268 g/mol.